The highest BCUT2D eigenvalue weighted by Gasteiger charge is 2.39. The van der Waals surface area contributed by atoms with Crippen molar-refractivity contribution in [2.45, 2.75) is 25.3 Å². The van der Waals surface area contributed by atoms with Crippen molar-refractivity contribution in [2.24, 2.45) is 4.99 Å². The maximum atomic E-state index is 13.8. The predicted molar refractivity (Wildman–Crippen MR) is 147 cm³/mol. The van der Waals surface area contributed by atoms with E-state index >= 15 is 0 Å². The van der Waals surface area contributed by atoms with Crippen molar-refractivity contribution < 1.29 is 14.3 Å². The van der Waals surface area contributed by atoms with Crippen molar-refractivity contribution in [3.05, 3.63) is 93.9 Å². The van der Waals surface area contributed by atoms with Gasteiger partial charge in [0.1, 0.15) is 16.3 Å². The van der Waals surface area contributed by atoms with Gasteiger partial charge in [-0.05, 0) is 61.5 Å². The van der Waals surface area contributed by atoms with Gasteiger partial charge in [0.2, 0.25) is 0 Å². The monoisotopic (exact) mass is 515 g/mol. The van der Waals surface area contributed by atoms with Gasteiger partial charge in [-0.2, -0.15) is 0 Å². The first-order valence-corrected chi connectivity index (χ1v) is 13.2. The van der Waals surface area contributed by atoms with E-state index in [1.165, 1.54) is 18.7 Å². The third-order valence-electron chi connectivity index (χ3n) is 5.86. The summed E-state index contributed by atoms with van der Waals surface area (Å²) in [4.78, 5) is 36.3. The van der Waals surface area contributed by atoms with Crippen LogP contribution in [0.5, 0.6) is 5.75 Å². The minimum Gasteiger partial charge on any atom is -0.492 e. The number of benzene rings is 3. The zero-order valence-corrected chi connectivity index (χ0v) is 21.9. The van der Waals surface area contributed by atoms with Gasteiger partial charge in [0.15, 0.2) is 11.0 Å². The van der Waals surface area contributed by atoms with Crippen molar-refractivity contribution in [3.8, 4) is 5.75 Å². The summed E-state index contributed by atoms with van der Waals surface area (Å²) in [6, 6.07) is 23.2. The number of amides is 1. The number of hydrogen-bond donors (Lipinski definition) is 0. The van der Waals surface area contributed by atoms with Crippen molar-refractivity contribution in [1.82, 2.24) is 4.90 Å². The number of carbonyl (C=O) groups is 2. The number of fused-ring (bicyclic) bond motifs is 1. The van der Waals surface area contributed by atoms with Gasteiger partial charge >= 0.3 is 0 Å². The van der Waals surface area contributed by atoms with Crippen LogP contribution in [0.25, 0.3) is 0 Å². The second-order valence-corrected chi connectivity index (χ2v) is 10.3. The molecule has 2 aliphatic rings. The lowest BCUT2D eigenvalue weighted by atomic mass is 10.1. The molecule has 182 valence electrons. The second kappa shape index (κ2) is 10.2. The van der Waals surface area contributed by atoms with Gasteiger partial charge in [-0.25, -0.2) is 4.99 Å². The maximum Gasteiger partial charge on any atom is 0.269 e. The Labute approximate surface area is 219 Å². The van der Waals surface area contributed by atoms with Crippen LogP contribution in [0.3, 0.4) is 0 Å². The summed E-state index contributed by atoms with van der Waals surface area (Å²) < 4.78 is 5.79. The topological polar surface area (TPSA) is 62.2 Å². The molecule has 0 aliphatic carbocycles. The molecule has 3 aromatic carbocycles. The third-order valence-corrected chi connectivity index (χ3v) is 8.29. The van der Waals surface area contributed by atoms with Crippen molar-refractivity contribution in [3.63, 3.8) is 0 Å². The Morgan fingerprint density at radius 1 is 1.00 bits per heavy atom. The van der Waals surface area contributed by atoms with Crippen molar-refractivity contribution >= 4 is 51.8 Å². The van der Waals surface area contributed by atoms with Crippen LogP contribution in [0.15, 0.2) is 92.6 Å². The Morgan fingerprint density at radius 2 is 1.75 bits per heavy atom. The molecule has 1 fully saturated rings. The quantitative estimate of drug-likeness (QED) is 0.277. The second-order valence-electron chi connectivity index (χ2n) is 8.31. The molecule has 36 heavy (non-hydrogen) atoms. The lowest BCUT2D eigenvalue weighted by Crippen LogP contribution is -2.29. The Morgan fingerprint density at radius 3 is 2.47 bits per heavy atom. The molecule has 0 radical (unpaired) electrons. The standard InChI is InChI=1S/C28H25N3O3S2/c1-4-34-23-15-14-20(18(2)32)16-21(23)29-28-31(17-19-10-6-5-7-11-19)26(33)25(36-28)27-30(3)22-12-8-9-13-24(22)35-27/h5-16H,4,17H2,1-3H3/b27-25-,29-28?. The van der Waals surface area contributed by atoms with Crippen LogP contribution in [-0.2, 0) is 11.3 Å². The molecule has 1 amide bonds. The molecular weight excluding hydrogens is 490 g/mol. The number of para-hydroxylation sites is 1. The smallest absolute Gasteiger partial charge is 0.269 e. The average molecular weight is 516 g/mol. The fraction of sp³-hybridized carbons (Fsp3) is 0.179. The highest BCUT2D eigenvalue weighted by atomic mass is 32.2. The molecule has 0 atom stereocenters. The van der Waals surface area contributed by atoms with E-state index in [1.54, 1.807) is 34.9 Å². The zero-order valence-electron chi connectivity index (χ0n) is 20.2. The fourth-order valence-corrected chi connectivity index (χ4v) is 6.36. The molecule has 5 rings (SSSR count). The van der Waals surface area contributed by atoms with E-state index in [-0.39, 0.29) is 11.7 Å². The number of ether oxygens (including phenoxy) is 1. The van der Waals surface area contributed by atoms with E-state index in [0.29, 0.717) is 40.2 Å². The Kier molecular flexibility index (Phi) is 6.89. The van der Waals surface area contributed by atoms with E-state index in [1.807, 2.05) is 56.4 Å². The summed E-state index contributed by atoms with van der Waals surface area (Å²) in [5.41, 5.74) is 3.15. The number of hydrogen-bond acceptors (Lipinski definition) is 7. The van der Waals surface area contributed by atoms with E-state index < -0.39 is 0 Å². The molecular formula is C28H25N3O3S2. The first-order chi connectivity index (χ1) is 17.5. The molecule has 6 nitrogen and oxygen atoms in total. The van der Waals surface area contributed by atoms with Crippen molar-refractivity contribution in [1.29, 1.82) is 0 Å². The molecule has 1 saturated heterocycles. The number of aliphatic imine (C=N–C) groups is 1. The van der Waals surface area contributed by atoms with Gasteiger partial charge in [-0.15, -0.1) is 0 Å². The van der Waals surface area contributed by atoms with Gasteiger partial charge < -0.3 is 9.64 Å². The minimum absolute atomic E-state index is 0.0552. The molecule has 0 N–H and O–H groups in total. The summed E-state index contributed by atoms with van der Waals surface area (Å²) in [5.74, 6) is 0.425. The molecule has 0 bridgehead atoms. The summed E-state index contributed by atoms with van der Waals surface area (Å²) in [5, 5.41) is 1.44. The molecule has 2 heterocycles. The number of nitrogens with zero attached hydrogens (tertiary/aromatic N) is 3. The highest BCUT2D eigenvalue weighted by Crippen LogP contribution is 2.50. The van der Waals surface area contributed by atoms with Gasteiger partial charge in [-0.1, -0.05) is 54.2 Å². The molecule has 0 saturated carbocycles. The van der Waals surface area contributed by atoms with Crippen LogP contribution in [0.4, 0.5) is 11.4 Å². The third kappa shape index (κ3) is 4.66. The van der Waals surface area contributed by atoms with E-state index in [9.17, 15) is 9.59 Å². The molecule has 0 unspecified atom stereocenters. The van der Waals surface area contributed by atoms with Gasteiger partial charge in [-0.3, -0.25) is 14.5 Å². The highest BCUT2D eigenvalue weighted by molar-refractivity contribution is 8.19. The summed E-state index contributed by atoms with van der Waals surface area (Å²) in [7, 11) is 1.98. The normalized spacial score (nSPS) is 18.2. The van der Waals surface area contributed by atoms with Crippen LogP contribution in [0, 0.1) is 0 Å². The van der Waals surface area contributed by atoms with E-state index in [4.69, 9.17) is 9.73 Å². The maximum absolute atomic E-state index is 13.8. The van der Waals surface area contributed by atoms with Crippen LogP contribution >= 0.6 is 23.5 Å². The van der Waals surface area contributed by atoms with Gasteiger partial charge in [0, 0.05) is 17.5 Å². The molecule has 8 heteroatoms. The summed E-state index contributed by atoms with van der Waals surface area (Å²) in [6.45, 7) is 4.28. The van der Waals surface area contributed by atoms with Crippen LogP contribution < -0.4 is 9.64 Å². The van der Waals surface area contributed by atoms with Crippen molar-refractivity contribution in [2.75, 3.05) is 18.6 Å². The van der Waals surface area contributed by atoms with E-state index in [2.05, 4.69) is 17.0 Å². The van der Waals surface area contributed by atoms with E-state index in [0.717, 1.165) is 21.2 Å². The first kappa shape index (κ1) is 24.2. The lowest BCUT2D eigenvalue weighted by molar-refractivity contribution is -0.122. The molecule has 3 aromatic rings. The number of amidine groups is 1. The number of rotatable bonds is 6. The Hall–Kier alpha value is -3.49. The summed E-state index contributed by atoms with van der Waals surface area (Å²) >= 11 is 2.95. The zero-order chi connectivity index (χ0) is 25.2. The first-order valence-electron chi connectivity index (χ1n) is 11.6. The van der Waals surface area contributed by atoms with Gasteiger partial charge in [0.05, 0.1) is 23.9 Å². The number of anilines is 1. The minimum atomic E-state index is -0.0922. The van der Waals surface area contributed by atoms with Gasteiger partial charge in [0.25, 0.3) is 5.91 Å². The van der Waals surface area contributed by atoms with Crippen LogP contribution in [-0.4, -0.2) is 35.4 Å². The predicted octanol–water partition coefficient (Wildman–Crippen LogP) is 6.46. The number of ketones is 1. The number of Topliss-reactive ketones (excluding diaryl/α,β-unsaturated/α-hetero) is 1. The largest absolute Gasteiger partial charge is 0.492 e. The lowest BCUT2D eigenvalue weighted by Gasteiger charge is -2.17. The molecule has 2 aliphatic heterocycles. The number of thioether (sulfide) groups is 2. The summed E-state index contributed by atoms with van der Waals surface area (Å²) in [6.07, 6.45) is 0. The Bertz CT molecular complexity index is 1400. The number of carbonyl (C=O) groups excluding carboxylic acids is 2. The Balaban J connectivity index is 1.60. The average Bonchev–Trinajstić information content (AvgIpc) is 3.37. The molecule has 0 aromatic heterocycles. The SMILES string of the molecule is CCOc1ccc(C(C)=O)cc1N=C1S/C(=C2\Sc3ccccc3N2C)C(=O)N1Cc1ccccc1. The van der Waals surface area contributed by atoms with Crippen LogP contribution in [0.1, 0.15) is 29.8 Å². The molecule has 0 spiro atoms. The van der Waals surface area contributed by atoms with Crippen LogP contribution in [0.2, 0.25) is 0 Å². The fourth-order valence-electron chi connectivity index (χ4n) is 4.03.